The second kappa shape index (κ2) is 8.83. The van der Waals surface area contributed by atoms with Crippen LogP contribution in [-0.2, 0) is 17.6 Å². The molecule has 164 valence electrons. The van der Waals surface area contributed by atoms with Crippen LogP contribution in [0.25, 0.3) is 0 Å². The quantitative estimate of drug-likeness (QED) is 0.446. The Kier molecular flexibility index (Phi) is 5.95. The minimum Gasteiger partial charge on any atom is -0.490 e. The molecule has 0 fully saturated rings. The predicted octanol–water partition coefficient (Wildman–Crippen LogP) is 5.17. The van der Waals surface area contributed by atoms with Crippen molar-refractivity contribution >= 4 is 17.6 Å². The van der Waals surface area contributed by atoms with Crippen molar-refractivity contribution in [1.82, 2.24) is 0 Å². The van der Waals surface area contributed by atoms with Gasteiger partial charge in [-0.15, -0.1) is 0 Å². The maximum atomic E-state index is 14.2. The van der Waals surface area contributed by atoms with Gasteiger partial charge in [-0.05, 0) is 60.4 Å². The molecule has 0 aromatic heterocycles. The molecule has 32 heavy (non-hydrogen) atoms. The summed E-state index contributed by atoms with van der Waals surface area (Å²) in [5, 5.41) is 2.58. The van der Waals surface area contributed by atoms with Crippen LogP contribution in [0, 0.1) is 19.7 Å². The van der Waals surface area contributed by atoms with E-state index in [0.717, 1.165) is 30.0 Å². The maximum Gasteiger partial charge on any atom is 0.308 e. The Hall–Kier alpha value is -3.67. The fraction of sp³-hybridized carbons (Fsp3) is 0.231. The first-order valence-electron chi connectivity index (χ1n) is 10.4. The summed E-state index contributed by atoms with van der Waals surface area (Å²) in [5.41, 5.74) is 4.45. The zero-order valence-corrected chi connectivity index (χ0v) is 18.2. The van der Waals surface area contributed by atoms with Crippen LogP contribution in [0.5, 0.6) is 11.5 Å². The monoisotopic (exact) mass is 433 g/mol. The van der Waals surface area contributed by atoms with Crippen molar-refractivity contribution < 1.29 is 23.5 Å². The van der Waals surface area contributed by atoms with Crippen LogP contribution in [0.1, 0.15) is 39.5 Å². The largest absolute Gasteiger partial charge is 0.490 e. The molecule has 0 unspecified atom stereocenters. The zero-order valence-electron chi connectivity index (χ0n) is 18.2. The lowest BCUT2D eigenvalue weighted by Crippen LogP contribution is -2.18. The van der Waals surface area contributed by atoms with E-state index in [-0.39, 0.29) is 17.5 Å². The highest BCUT2D eigenvalue weighted by molar-refractivity contribution is 6.06. The first-order chi connectivity index (χ1) is 15.3. The highest BCUT2D eigenvalue weighted by Crippen LogP contribution is 2.29. The third-order valence-electron chi connectivity index (χ3n) is 5.50. The number of esters is 1. The number of carbonyl (C=O) groups is 2. The number of hydrogen-bond acceptors (Lipinski definition) is 4. The van der Waals surface area contributed by atoms with Crippen molar-refractivity contribution in [2.45, 2.75) is 39.7 Å². The molecule has 1 N–H and O–H groups in total. The van der Waals surface area contributed by atoms with E-state index in [1.54, 1.807) is 0 Å². The Morgan fingerprint density at radius 2 is 1.56 bits per heavy atom. The highest BCUT2D eigenvalue weighted by Gasteiger charge is 2.23. The topological polar surface area (TPSA) is 64.6 Å². The van der Waals surface area contributed by atoms with Gasteiger partial charge in [0.15, 0.2) is 0 Å². The second-order valence-electron chi connectivity index (χ2n) is 8.04. The van der Waals surface area contributed by atoms with Crippen LogP contribution in [0.4, 0.5) is 10.1 Å². The number of ether oxygens (including phenoxy) is 2. The van der Waals surface area contributed by atoms with Gasteiger partial charge in [-0.2, -0.15) is 0 Å². The normalized spacial score (nSPS) is 12.9. The molecule has 0 spiro atoms. The molecule has 1 aliphatic rings. The molecule has 1 amide bonds. The first-order valence-corrected chi connectivity index (χ1v) is 10.4. The number of amides is 1. The number of halogens is 1. The van der Waals surface area contributed by atoms with E-state index in [2.05, 4.69) is 17.4 Å². The lowest BCUT2D eigenvalue weighted by Gasteiger charge is -2.17. The predicted molar refractivity (Wildman–Crippen MR) is 120 cm³/mol. The highest BCUT2D eigenvalue weighted by atomic mass is 19.1. The van der Waals surface area contributed by atoms with E-state index in [9.17, 15) is 14.0 Å². The maximum absolute atomic E-state index is 14.2. The molecule has 3 aromatic rings. The third kappa shape index (κ3) is 4.64. The molecule has 5 nitrogen and oxygen atoms in total. The minimum absolute atomic E-state index is 0.0587. The molecule has 0 radical (unpaired) electrons. The van der Waals surface area contributed by atoms with Crippen molar-refractivity contribution in [3.05, 3.63) is 88.2 Å². The summed E-state index contributed by atoms with van der Waals surface area (Å²) in [7, 11) is 0. The van der Waals surface area contributed by atoms with Gasteiger partial charge in [0, 0.05) is 31.4 Å². The number of aryl methyl sites for hydroxylation is 2. The Bertz CT molecular complexity index is 1160. The Morgan fingerprint density at radius 3 is 2.16 bits per heavy atom. The number of rotatable bonds is 5. The number of fused-ring (bicyclic) bond motifs is 1. The summed E-state index contributed by atoms with van der Waals surface area (Å²) >= 11 is 0. The summed E-state index contributed by atoms with van der Waals surface area (Å²) in [6.07, 6.45) is 1.77. The molecule has 3 aromatic carbocycles. The van der Waals surface area contributed by atoms with Crippen LogP contribution in [-0.4, -0.2) is 18.0 Å². The number of hydrogen-bond donors (Lipinski definition) is 1. The summed E-state index contributed by atoms with van der Waals surface area (Å²) in [5.74, 6) is -0.730. The second-order valence-corrected chi connectivity index (χ2v) is 8.04. The average Bonchev–Trinajstić information content (AvgIpc) is 3.11. The number of anilines is 1. The molecule has 6 heteroatoms. The van der Waals surface area contributed by atoms with E-state index in [1.165, 1.54) is 30.2 Å². The molecule has 4 rings (SSSR count). The van der Waals surface area contributed by atoms with E-state index >= 15 is 0 Å². The van der Waals surface area contributed by atoms with Crippen molar-refractivity contribution in [2.24, 2.45) is 0 Å². The Balaban J connectivity index is 1.50. The van der Waals surface area contributed by atoms with Crippen molar-refractivity contribution in [2.75, 3.05) is 5.32 Å². The Morgan fingerprint density at radius 1 is 0.938 bits per heavy atom. The molecule has 0 atom stereocenters. The van der Waals surface area contributed by atoms with Crippen LogP contribution in [0.2, 0.25) is 0 Å². The molecule has 0 saturated heterocycles. The number of benzene rings is 3. The molecule has 0 heterocycles. The van der Waals surface area contributed by atoms with E-state index in [0.29, 0.717) is 11.3 Å². The lowest BCUT2D eigenvalue weighted by molar-refractivity contribution is -0.131. The average molecular weight is 433 g/mol. The first kappa shape index (κ1) is 21.6. The van der Waals surface area contributed by atoms with Gasteiger partial charge in [-0.3, -0.25) is 9.59 Å². The summed E-state index contributed by atoms with van der Waals surface area (Å²) in [6.45, 7) is 4.90. The van der Waals surface area contributed by atoms with Gasteiger partial charge in [0.1, 0.15) is 23.4 Å². The van der Waals surface area contributed by atoms with Gasteiger partial charge in [0.2, 0.25) is 0 Å². The van der Waals surface area contributed by atoms with Crippen molar-refractivity contribution in [1.29, 1.82) is 0 Å². The van der Waals surface area contributed by atoms with Gasteiger partial charge >= 0.3 is 5.97 Å². The van der Waals surface area contributed by atoms with Crippen LogP contribution >= 0.6 is 0 Å². The van der Waals surface area contributed by atoms with Gasteiger partial charge in [-0.25, -0.2) is 4.39 Å². The van der Waals surface area contributed by atoms with Crippen molar-refractivity contribution in [3.63, 3.8) is 0 Å². The van der Waals surface area contributed by atoms with E-state index < -0.39 is 17.7 Å². The van der Waals surface area contributed by atoms with Crippen molar-refractivity contribution in [3.8, 4) is 11.5 Å². The fourth-order valence-corrected chi connectivity index (χ4v) is 4.16. The molecule has 0 saturated carbocycles. The standard InChI is InChI=1S/C26H24FNO4/c1-15-10-21(32-22-12-18-6-4-5-7-19(18)13-22)11-16(2)25(15)26(30)28-24-14-20(31-17(3)29)8-9-23(24)27/h4-11,14,22H,12-13H2,1-3H3,(H,28,30). The fourth-order valence-electron chi connectivity index (χ4n) is 4.16. The SMILES string of the molecule is CC(=O)Oc1ccc(F)c(NC(=O)c2c(C)cc(OC3Cc4ccccc4C3)cc2C)c1. The Labute approximate surface area is 186 Å². The smallest absolute Gasteiger partial charge is 0.308 e. The van der Waals surface area contributed by atoms with Gasteiger partial charge < -0.3 is 14.8 Å². The molecule has 0 bridgehead atoms. The zero-order chi connectivity index (χ0) is 22.8. The van der Waals surface area contributed by atoms with Crippen LogP contribution < -0.4 is 14.8 Å². The summed E-state index contributed by atoms with van der Waals surface area (Å²) in [4.78, 5) is 24.1. The van der Waals surface area contributed by atoms with Crippen LogP contribution in [0.3, 0.4) is 0 Å². The van der Waals surface area contributed by atoms with Gasteiger partial charge in [0.25, 0.3) is 5.91 Å². The minimum atomic E-state index is -0.620. The van der Waals surface area contributed by atoms with Gasteiger partial charge in [0.05, 0.1) is 5.69 Å². The summed E-state index contributed by atoms with van der Waals surface area (Å²) in [6, 6.07) is 15.7. The molecular formula is C26H24FNO4. The third-order valence-corrected chi connectivity index (χ3v) is 5.50. The van der Waals surface area contributed by atoms with Crippen LogP contribution in [0.15, 0.2) is 54.6 Å². The number of nitrogens with one attached hydrogen (secondary N) is 1. The molecule has 0 aliphatic heterocycles. The van der Waals surface area contributed by atoms with E-state index in [4.69, 9.17) is 9.47 Å². The summed E-state index contributed by atoms with van der Waals surface area (Å²) < 4.78 is 25.4. The number of carbonyl (C=O) groups excluding carboxylic acids is 2. The van der Waals surface area contributed by atoms with E-state index in [1.807, 2.05) is 38.1 Å². The van der Waals surface area contributed by atoms with Gasteiger partial charge in [-0.1, -0.05) is 24.3 Å². The molecular weight excluding hydrogens is 409 g/mol. The molecule has 1 aliphatic carbocycles. The lowest BCUT2D eigenvalue weighted by atomic mass is 10.0.